The highest BCUT2D eigenvalue weighted by Gasteiger charge is 2.15. The lowest BCUT2D eigenvalue weighted by atomic mass is 10.0. The number of nitrogens with one attached hydrogen (secondary N) is 1. The molecule has 0 aliphatic carbocycles. The number of methoxy groups -OCH3 is 1. The van der Waals surface area contributed by atoms with Gasteiger partial charge >= 0.3 is 0 Å². The number of rotatable bonds is 7. The molecule has 0 bridgehead atoms. The van der Waals surface area contributed by atoms with Crippen LogP contribution in [0, 0.1) is 18.3 Å². The van der Waals surface area contributed by atoms with Crippen molar-refractivity contribution in [2.45, 2.75) is 13.3 Å². The summed E-state index contributed by atoms with van der Waals surface area (Å²) in [6, 6.07) is 10.7. The average molecular weight is 391 g/mol. The molecule has 0 saturated carbocycles. The third-order valence-electron chi connectivity index (χ3n) is 4.44. The molecule has 0 fully saturated rings. The Hall–Kier alpha value is -3.70. The second kappa shape index (κ2) is 8.99. The topological polar surface area (TPSA) is 113 Å². The Morgan fingerprint density at radius 2 is 2.14 bits per heavy atom. The van der Waals surface area contributed by atoms with Crippen LogP contribution in [0.4, 0.5) is 0 Å². The Kier molecular flexibility index (Phi) is 6.22. The van der Waals surface area contributed by atoms with Gasteiger partial charge in [0.25, 0.3) is 5.91 Å². The molecule has 8 nitrogen and oxygen atoms in total. The summed E-state index contributed by atoms with van der Waals surface area (Å²) >= 11 is 0. The third kappa shape index (κ3) is 4.42. The van der Waals surface area contributed by atoms with Gasteiger partial charge in [0, 0.05) is 26.5 Å². The van der Waals surface area contributed by atoms with Gasteiger partial charge in [-0.2, -0.15) is 15.0 Å². The molecule has 0 unspecified atom stereocenters. The van der Waals surface area contributed by atoms with Crippen LogP contribution in [0.5, 0.6) is 5.88 Å². The molecule has 3 aromatic rings. The number of aromatic hydroxyl groups is 1. The van der Waals surface area contributed by atoms with Crippen LogP contribution < -0.4 is 5.32 Å². The molecule has 0 aliphatic rings. The van der Waals surface area contributed by atoms with Crippen molar-refractivity contribution < 1.29 is 14.6 Å². The molecule has 0 atom stereocenters. The monoisotopic (exact) mass is 391 g/mol. The van der Waals surface area contributed by atoms with Gasteiger partial charge in [0.05, 0.1) is 29.0 Å². The standard InChI is InChI=1S/C21H21N5O3/c1-14-10-15(4-5-16(14)11-22)18-13-25-26(21(18)28)19-7-6-17(12-24-19)20(27)23-8-3-9-29-2/h4-7,10,12-13,28H,3,8-9H2,1-2H3,(H,23,27). The molecule has 1 amide bonds. The second-order valence-corrected chi connectivity index (χ2v) is 6.44. The minimum absolute atomic E-state index is 0.0709. The van der Waals surface area contributed by atoms with E-state index >= 15 is 0 Å². The Balaban J connectivity index is 1.78. The third-order valence-corrected chi connectivity index (χ3v) is 4.44. The molecule has 148 valence electrons. The minimum Gasteiger partial charge on any atom is -0.493 e. The average Bonchev–Trinajstić information content (AvgIpc) is 3.12. The van der Waals surface area contributed by atoms with E-state index in [0.717, 1.165) is 17.5 Å². The number of amides is 1. The van der Waals surface area contributed by atoms with Crippen molar-refractivity contribution >= 4 is 5.91 Å². The van der Waals surface area contributed by atoms with E-state index in [-0.39, 0.29) is 11.8 Å². The molecule has 0 saturated heterocycles. The summed E-state index contributed by atoms with van der Waals surface area (Å²) < 4.78 is 6.24. The van der Waals surface area contributed by atoms with Crippen LogP contribution in [0.1, 0.15) is 27.9 Å². The van der Waals surface area contributed by atoms with Gasteiger partial charge in [0.15, 0.2) is 5.82 Å². The summed E-state index contributed by atoms with van der Waals surface area (Å²) in [5.41, 5.74) is 3.09. The maximum atomic E-state index is 12.1. The summed E-state index contributed by atoms with van der Waals surface area (Å²) in [6.07, 6.45) is 3.70. The van der Waals surface area contributed by atoms with Crippen LogP contribution in [0.15, 0.2) is 42.7 Å². The SMILES string of the molecule is COCCCNC(=O)c1ccc(-n2ncc(-c3ccc(C#N)c(C)c3)c2O)nc1. The fourth-order valence-corrected chi connectivity index (χ4v) is 2.84. The number of pyridine rings is 1. The first-order chi connectivity index (χ1) is 14.0. The van der Waals surface area contributed by atoms with Crippen molar-refractivity contribution in [3.05, 3.63) is 59.4 Å². The van der Waals surface area contributed by atoms with E-state index in [2.05, 4.69) is 21.5 Å². The highest BCUT2D eigenvalue weighted by atomic mass is 16.5. The van der Waals surface area contributed by atoms with Crippen LogP contribution >= 0.6 is 0 Å². The van der Waals surface area contributed by atoms with Gasteiger partial charge in [-0.15, -0.1) is 0 Å². The van der Waals surface area contributed by atoms with Gasteiger partial charge in [-0.05, 0) is 48.7 Å². The van der Waals surface area contributed by atoms with Gasteiger partial charge in [-0.3, -0.25) is 4.79 Å². The van der Waals surface area contributed by atoms with Crippen LogP contribution in [0.25, 0.3) is 16.9 Å². The number of nitriles is 1. The van der Waals surface area contributed by atoms with Gasteiger partial charge in [0.1, 0.15) is 0 Å². The van der Waals surface area contributed by atoms with Crippen molar-refractivity contribution in [2.75, 3.05) is 20.3 Å². The fraction of sp³-hybridized carbons (Fsp3) is 0.238. The first-order valence-corrected chi connectivity index (χ1v) is 9.07. The number of ether oxygens (including phenoxy) is 1. The molecular formula is C21H21N5O3. The number of hydrogen-bond acceptors (Lipinski definition) is 6. The predicted molar refractivity (Wildman–Crippen MR) is 107 cm³/mol. The van der Waals surface area contributed by atoms with Gasteiger partial charge in [0.2, 0.25) is 5.88 Å². The molecule has 0 radical (unpaired) electrons. The first-order valence-electron chi connectivity index (χ1n) is 9.07. The number of hydrogen-bond donors (Lipinski definition) is 2. The quantitative estimate of drug-likeness (QED) is 0.599. The van der Waals surface area contributed by atoms with E-state index < -0.39 is 0 Å². The fourth-order valence-electron chi connectivity index (χ4n) is 2.84. The maximum Gasteiger partial charge on any atom is 0.252 e. The lowest BCUT2D eigenvalue weighted by Crippen LogP contribution is -2.25. The van der Waals surface area contributed by atoms with Crippen molar-refractivity contribution in [3.8, 4) is 28.9 Å². The summed E-state index contributed by atoms with van der Waals surface area (Å²) in [7, 11) is 1.61. The second-order valence-electron chi connectivity index (χ2n) is 6.44. The summed E-state index contributed by atoms with van der Waals surface area (Å²) in [6.45, 7) is 2.93. The van der Waals surface area contributed by atoms with Crippen molar-refractivity contribution in [2.24, 2.45) is 0 Å². The number of nitrogens with zero attached hydrogens (tertiary/aromatic N) is 4. The number of aromatic nitrogens is 3. The largest absolute Gasteiger partial charge is 0.493 e. The molecule has 0 aliphatic heterocycles. The summed E-state index contributed by atoms with van der Waals surface area (Å²) in [4.78, 5) is 16.3. The Labute approximate surface area is 168 Å². The van der Waals surface area contributed by atoms with Crippen molar-refractivity contribution in [1.82, 2.24) is 20.1 Å². The molecule has 8 heteroatoms. The summed E-state index contributed by atoms with van der Waals surface area (Å²) in [5.74, 6) is 0.0898. The van der Waals surface area contributed by atoms with E-state index in [4.69, 9.17) is 10.00 Å². The maximum absolute atomic E-state index is 12.1. The van der Waals surface area contributed by atoms with Crippen LogP contribution in [-0.4, -0.2) is 46.0 Å². The molecule has 1 aromatic carbocycles. The highest BCUT2D eigenvalue weighted by molar-refractivity contribution is 5.93. The molecule has 2 aromatic heterocycles. The van der Waals surface area contributed by atoms with E-state index in [1.165, 1.54) is 17.1 Å². The first kappa shape index (κ1) is 20.0. The zero-order chi connectivity index (χ0) is 20.8. The smallest absolute Gasteiger partial charge is 0.252 e. The number of benzene rings is 1. The predicted octanol–water partition coefficient (Wildman–Crippen LogP) is 2.59. The molecule has 2 N–H and O–H groups in total. The molecule has 3 rings (SSSR count). The Morgan fingerprint density at radius 1 is 1.31 bits per heavy atom. The Morgan fingerprint density at radius 3 is 2.79 bits per heavy atom. The number of carbonyl (C=O) groups excluding carboxylic acids is 1. The van der Waals surface area contributed by atoms with E-state index in [9.17, 15) is 9.90 Å². The molecular weight excluding hydrogens is 370 g/mol. The van der Waals surface area contributed by atoms with Crippen LogP contribution in [0.2, 0.25) is 0 Å². The van der Waals surface area contributed by atoms with Gasteiger partial charge in [-0.1, -0.05) is 6.07 Å². The lowest BCUT2D eigenvalue weighted by molar-refractivity contribution is 0.0948. The van der Waals surface area contributed by atoms with Crippen LogP contribution in [-0.2, 0) is 4.74 Å². The zero-order valence-corrected chi connectivity index (χ0v) is 16.2. The Bertz CT molecular complexity index is 1050. The van der Waals surface area contributed by atoms with Crippen LogP contribution in [0.3, 0.4) is 0 Å². The lowest BCUT2D eigenvalue weighted by Gasteiger charge is -2.07. The number of aryl methyl sites for hydroxylation is 1. The molecule has 29 heavy (non-hydrogen) atoms. The van der Waals surface area contributed by atoms with E-state index in [1.54, 1.807) is 31.4 Å². The molecule has 0 spiro atoms. The van der Waals surface area contributed by atoms with Gasteiger partial charge < -0.3 is 15.2 Å². The highest BCUT2D eigenvalue weighted by Crippen LogP contribution is 2.31. The van der Waals surface area contributed by atoms with Gasteiger partial charge in [-0.25, -0.2) is 4.98 Å². The van der Waals surface area contributed by atoms with E-state index in [0.29, 0.717) is 35.7 Å². The minimum atomic E-state index is -0.224. The number of carbonyl (C=O) groups is 1. The van der Waals surface area contributed by atoms with Crippen molar-refractivity contribution in [1.29, 1.82) is 5.26 Å². The molecule has 2 heterocycles. The zero-order valence-electron chi connectivity index (χ0n) is 16.2. The normalized spacial score (nSPS) is 10.5. The van der Waals surface area contributed by atoms with Crippen molar-refractivity contribution in [3.63, 3.8) is 0 Å². The summed E-state index contributed by atoms with van der Waals surface area (Å²) in [5, 5.41) is 26.7. The van der Waals surface area contributed by atoms with E-state index in [1.807, 2.05) is 13.0 Å².